The maximum Gasteiger partial charge on any atom is 0.318 e. The number of carbonyl (C=O) groups is 1. The summed E-state index contributed by atoms with van der Waals surface area (Å²) in [5.74, 6) is 0. The lowest BCUT2D eigenvalue weighted by atomic mass is 10.1. The van der Waals surface area contributed by atoms with Gasteiger partial charge in [-0.3, -0.25) is 4.68 Å². The molecule has 0 radical (unpaired) electrons. The third-order valence-electron chi connectivity index (χ3n) is 5.13. The minimum atomic E-state index is -0.101. The lowest BCUT2D eigenvalue weighted by Crippen LogP contribution is -2.47. The number of amides is 2. The first-order valence-electron chi connectivity index (χ1n) is 9.02. The summed E-state index contributed by atoms with van der Waals surface area (Å²) >= 11 is 0. The summed E-state index contributed by atoms with van der Waals surface area (Å²) in [6.45, 7) is 4.63. The van der Waals surface area contributed by atoms with E-state index in [1.807, 2.05) is 28.0 Å². The van der Waals surface area contributed by atoms with E-state index in [1.165, 1.54) is 11.1 Å². The number of morpholine rings is 1. The molecule has 1 aromatic heterocycles. The van der Waals surface area contributed by atoms with Gasteiger partial charge in [0.05, 0.1) is 25.4 Å². The van der Waals surface area contributed by atoms with Crippen LogP contribution >= 0.6 is 0 Å². The topological polar surface area (TPSA) is 59.4 Å². The Morgan fingerprint density at radius 3 is 3.12 bits per heavy atom. The second-order valence-electron chi connectivity index (χ2n) is 6.67. The molecule has 25 heavy (non-hydrogen) atoms. The molecule has 1 fully saturated rings. The highest BCUT2D eigenvalue weighted by molar-refractivity contribution is 5.75. The molecule has 0 saturated carbocycles. The second-order valence-corrected chi connectivity index (χ2v) is 6.67. The highest BCUT2D eigenvalue weighted by atomic mass is 16.5. The SMILES string of the molecule is CCn1cc([C@H]2CN(C(=O)N[C@@H]3CCc4ccccc43)CCO2)cn1. The summed E-state index contributed by atoms with van der Waals surface area (Å²) in [6, 6.07) is 8.49. The van der Waals surface area contributed by atoms with Crippen LogP contribution in [0.1, 0.15) is 42.2 Å². The normalized spacial score (nSPS) is 22.7. The number of nitrogens with zero attached hydrogens (tertiary/aromatic N) is 3. The number of aromatic nitrogens is 2. The number of hydrogen-bond donors (Lipinski definition) is 1. The van der Waals surface area contributed by atoms with Crippen molar-refractivity contribution in [2.24, 2.45) is 0 Å². The number of ether oxygens (including phenoxy) is 1. The number of aryl methyl sites for hydroxylation is 2. The van der Waals surface area contributed by atoms with Crippen molar-refractivity contribution >= 4 is 6.03 Å². The Morgan fingerprint density at radius 1 is 1.40 bits per heavy atom. The van der Waals surface area contributed by atoms with Crippen LogP contribution in [0.4, 0.5) is 4.79 Å². The predicted molar refractivity (Wildman–Crippen MR) is 94.2 cm³/mol. The number of nitrogens with one attached hydrogen (secondary N) is 1. The van der Waals surface area contributed by atoms with Gasteiger partial charge in [0.15, 0.2) is 0 Å². The molecule has 2 aliphatic rings. The zero-order chi connectivity index (χ0) is 17.2. The first-order chi connectivity index (χ1) is 12.2. The maximum absolute atomic E-state index is 12.7. The molecule has 6 heteroatoms. The van der Waals surface area contributed by atoms with Gasteiger partial charge in [-0.05, 0) is 30.9 Å². The highest BCUT2D eigenvalue weighted by Gasteiger charge is 2.29. The van der Waals surface area contributed by atoms with Gasteiger partial charge in [0.2, 0.25) is 0 Å². The van der Waals surface area contributed by atoms with E-state index in [2.05, 4.69) is 35.5 Å². The maximum atomic E-state index is 12.7. The van der Waals surface area contributed by atoms with Crippen molar-refractivity contribution in [2.45, 2.75) is 38.5 Å². The molecule has 2 amide bonds. The first-order valence-corrected chi connectivity index (χ1v) is 9.02. The third-order valence-corrected chi connectivity index (χ3v) is 5.13. The fraction of sp³-hybridized carbons (Fsp3) is 0.474. The van der Waals surface area contributed by atoms with Crippen molar-refractivity contribution in [3.05, 3.63) is 53.3 Å². The van der Waals surface area contributed by atoms with E-state index in [0.717, 1.165) is 24.9 Å². The van der Waals surface area contributed by atoms with Crippen LogP contribution in [0.25, 0.3) is 0 Å². The smallest absolute Gasteiger partial charge is 0.318 e. The van der Waals surface area contributed by atoms with Crippen LogP contribution in [-0.4, -0.2) is 40.4 Å². The molecule has 0 spiro atoms. The summed E-state index contributed by atoms with van der Waals surface area (Å²) in [5, 5.41) is 7.51. The molecular weight excluding hydrogens is 316 g/mol. The largest absolute Gasteiger partial charge is 0.370 e. The monoisotopic (exact) mass is 340 g/mol. The number of rotatable bonds is 3. The molecular formula is C19H24N4O2. The molecule has 2 heterocycles. The van der Waals surface area contributed by atoms with Gasteiger partial charge in [0, 0.05) is 24.8 Å². The van der Waals surface area contributed by atoms with Gasteiger partial charge < -0.3 is 15.0 Å². The fourth-order valence-corrected chi connectivity index (χ4v) is 3.70. The number of carbonyl (C=O) groups excluding carboxylic acids is 1. The highest BCUT2D eigenvalue weighted by Crippen LogP contribution is 2.31. The van der Waals surface area contributed by atoms with Gasteiger partial charge in [-0.2, -0.15) is 5.10 Å². The van der Waals surface area contributed by atoms with Crippen molar-refractivity contribution in [3.63, 3.8) is 0 Å². The molecule has 0 unspecified atom stereocenters. The Balaban J connectivity index is 1.40. The van der Waals surface area contributed by atoms with Crippen molar-refractivity contribution in [1.82, 2.24) is 20.0 Å². The first kappa shape index (κ1) is 16.1. The van der Waals surface area contributed by atoms with Crippen LogP contribution in [0.15, 0.2) is 36.7 Å². The van der Waals surface area contributed by atoms with E-state index in [1.54, 1.807) is 0 Å². The molecule has 4 rings (SSSR count). The van der Waals surface area contributed by atoms with Gasteiger partial charge in [0.25, 0.3) is 0 Å². The molecule has 1 saturated heterocycles. The number of urea groups is 1. The molecule has 132 valence electrons. The molecule has 1 aliphatic carbocycles. The van der Waals surface area contributed by atoms with Gasteiger partial charge in [-0.25, -0.2) is 4.79 Å². The Kier molecular flexibility index (Phi) is 4.44. The molecule has 1 aromatic carbocycles. The van der Waals surface area contributed by atoms with Crippen LogP contribution < -0.4 is 5.32 Å². The quantitative estimate of drug-likeness (QED) is 0.934. The van der Waals surface area contributed by atoms with Crippen LogP contribution in [0.2, 0.25) is 0 Å². The van der Waals surface area contributed by atoms with Crippen LogP contribution in [0.3, 0.4) is 0 Å². The van der Waals surface area contributed by atoms with Gasteiger partial charge >= 0.3 is 6.03 Å². The second kappa shape index (κ2) is 6.88. The van der Waals surface area contributed by atoms with Crippen LogP contribution in [0.5, 0.6) is 0 Å². The minimum Gasteiger partial charge on any atom is -0.370 e. The molecule has 1 aliphatic heterocycles. The Morgan fingerprint density at radius 2 is 2.28 bits per heavy atom. The average Bonchev–Trinajstić information content (AvgIpc) is 3.29. The summed E-state index contributed by atoms with van der Waals surface area (Å²) < 4.78 is 7.74. The van der Waals surface area contributed by atoms with E-state index in [-0.39, 0.29) is 18.2 Å². The average molecular weight is 340 g/mol. The molecule has 6 nitrogen and oxygen atoms in total. The zero-order valence-electron chi connectivity index (χ0n) is 14.5. The van der Waals surface area contributed by atoms with E-state index >= 15 is 0 Å². The Bertz CT molecular complexity index is 757. The molecule has 2 aromatic rings. The van der Waals surface area contributed by atoms with E-state index in [9.17, 15) is 4.79 Å². The minimum absolute atomic E-state index is 0.00196. The van der Waals surface area contributed by atoms with Crippen molar-refractivity contribution in [1.29, 1.82) is 0 Å². The predicted octanol–water partition coefficient (Wildman–Crippen LogP) is 2.67. The fourth-order valence-electron chi connectivity index (χ4n) is 3.70. The van der Waals surface area contributed by atoms with Gasteiger partial charge in [0.1, 0.15) is 6.10 Å². The van der Waals surface area contributed by atoms with E-state index in [4.69, 9.17) is 4.74 Å². The summed E-state index contributed by atoms with van der Waals surface area (Å²) in [5.41, 5.74) is 3.63. The van der Waals surface area contributed by atoms with E-state index in [0.29, 0.717) is 19.7 Å². The Labute approximate surface area is 147 Å². The molecule has 1 N–H and O–H groups in total. The summed E-state index contributed by atoms with van der Waals surface area (Å²) in [6.07, 6.45) is 5.74. The van der Waals surface area contributed by atoms with Crippen molar-refractivity contribution < 1.29 is 9.53 Å². The third kappa shape index (κ3) is 3.26. The lowest BCUT2D eigenvalue weighted by Gasteiger charge is -2.33. The van der Waals surface area contributed by atoms with Crippen molar-refractivity contribution in [2.75, 3.05) is 19.7 Å². The zero-order valence-corrected chi connectivity index (χ0v) is 14.5. The van der Waals surface area contributed by atoms with E-state index < -0.39 is 0 Å². The summed E-state index contributed by atoms with van der Waals surface area (Å²) in [7, 11) is 0. The van der Waals surface area contributed by atoms with Crippen LogP contribution in [-0.2, 0) is 17.7 Å². The Hall–Kier alpha value is -2.34. The van der Waals surface area contributed by atoms with Gasteiger partial charge in [-0.15, -0.1) is 0 Å². The number of fused-ring (bicyclic) bond motifs is 1. The molecule has 2 atom stereocenters. The lowest BCUT2D eigenvalue weighted by molar-refractivity contribution is -0.0158. The van der Waals surface area contributed by atoms with Crippen molar-refractivity contribution in [3.8, 4) is 0 Å². The van der Waals surface area contributed by atoms with Gasteiger partial charge in [-0.1, -0.05) is 24.3 Å². The summed E-state index contributed by atoms with van der Waals surface area (Å²) in [4.78, 5) is 14.6. The van der Waals surface area contributed by atoms with Crippen LogP contribution in [0, 0.1) is 0 Å². The standard InChI is InChI=1S/C19H24N4O2/c1-2-23-12-15(11-20-23)18-13-22(9-10-25-18)19(24)21-17-8-7-14-5-3-4-6-16(14)17/h3-6,11-12,17-18H,2,7-10,13H2,1H3,(H,21,24)/t17-,18-/m1/s1. The molecule has 0 bridgehead atoms. The number of hydrogen-bond acceptors (Lipinski definition) is 3. The number of benzene rings is 1.